The molecule has 0 saturated heterocycles. The number of carbonyl (C=O) groups excluding carboxylic acids is 1. The van der Waals surface area contributed by atoms with E-state index in [9.17, 15) is 4.79 Å². The molecular formula is C24H21N3O3. The van der Waals surface area contributed by atoms with Crippen LogP contribution < -0.4 is 10.1 Å². The molecule has 4 rings (SSSR count). The molecule has 1 aliphatic rings. The van der Waals surface area contributed by atoms with Crippen molar-refractivity contribution in [1.29, 1.82) is 0 Å². The van der Waals surface area contributed by atoms with E-state index in [-0.39, 0.29) is 5.92 Å². The molecule has 0 unspecified atom stereocenters. The summed E-state index contributed by atoms with van der Waals surface area (Å²) in [7, 11) is 1.53. The highest BCUT2D eigenvalue weighted by Gasteiger charge is 2.28. The molecule has 1 aromatic heterocycles. The average molecular weight is 399 g/mol. The van der Waals surface area contributed by atoms with Gasteiger partial charge >= 0.3 is 6.09 Å². The number of nitrogens with zero attached hydrogens (tertiary/aromatic N) is 2. The summed E-state index contributed by atoms with van der Waals surface area (Å²) < 4.78 is 10.4. The quantitative estimate of drug-likeness (QED) is 0.522. The lowest BCUT2D eigenvalue weighted by atomic mass is 9.98. The van der Waals surface area contributed by atoms with Crippen LogP contribution >= 0.6 is 0 Å². The van der Waals surface area contributed by atoms with Crippen molar-refractivity contribution in [2.24, 2.45) is 0 Å². The molecule has 1 aliphatic carbocycles. The average Bonchev–Trinajstić information content (AvgIpc) is 3.12. The van der Waals surface area contributed by atoms with E-state index in [1.54, 1.807) is 12.1 Å². The smallest absolute Gasteiger partial charge is 0.407 e. The normalized spacial score (nSPS) is 11.6. The third-order valence-corrected chi connectivity index (χ3v) is 4.93. The Labute approximate surface area is 175 Å². The maximum Gasteiger partial charge on any atom is 0.407 e. The molecule has 1 heterocycles. The summed E-state index contributed by atoms with van der Waals surface area (Å²) in [6, 6.07) is 19.9. The number of aromatic nitrogens is 2. The standard InChI is InChI=1S/C24H21N3O3/c1-29-23-14-13-17(26-27-23)8-6-7-15-25-24(28)30-16-22-20-11-4-2-9-18(20)19-10-3-5-12-21(19)22/h2-5,9-14,22H,7,15-16H2,1H3,(H,25,28). The summed E-state index contributed by atoms with van der Waals surface area (Å²) >= 11 is 0. The molecule has 0 spiro atoms. The number of rotatable bonds is 5. The molecule has 0 radical (unpaired) electrons. The van der Waals surface area contributed by atoms with E-state index in [0.29, 0.717) is 31.1 Å². The van der Waals surface area contributed by atoms with Crippen LogP contribution in [0.25, 0.3) is 11.1 Å². The first-order valence-corrected chi connectivity index (χ1v) is 9.71. The maximum absolute atomic E-state index is 12.1. The lowest BCUT2D eigenvalue weighted by Crippen LogP contribution is -2.26. The topological polar surface area (TPSA) is 73.3 Å². The summed E-state index contributed by atoms with van der Waals surface area (Å²) in [5, 5.41) is 10.5. The first-order chi connectivity index (χ1) is 14.8. The van der Waals surface area contributed by atoms with Gasteiger partial charge < -0.3 is 14.8 Å². The number of benzene rings is 2. The number of hydrogen-bond donors (Lipinski definition) is 1. The van der Waals surface area contributed by atoms with Crippen LogP contribution in [0, 0.1) is 11.8 Å². The highest BCUT2D eigenvalue weighted by atomic mass is 16.5. The highest BCUT2D eigenvalue weighted by Crippen LogP contribution is 2.44. The molecule has 3 aromatic rings. The Morgan fingerprint density at radius 2 is 1.70 bits per heavy atom. The van der Waals surface area contributed by atoms with Gasteiger partial charge in [-0.25, -0.2) is 4.79 Å². The fourth-order valence-corrected chi connectivity index (χ4v) is 3.53. The summed E-state index contributed by atoms with van der Waals surface area (Å²) in [5.41, 5.74) is 5.35. The molecule has 1 amide bonds. The van der Waals surface area contributed by atoms with Gasteiger partial charge in [-0.3, -0.25) is 0 Å². The molecule has 6 nitrogen and oxygen atoms in total. The van der Waals surface area contributed by atoms with Crippen LogP contribution in [0.5, 0.6) is 5.88 Å². The van der Waals surface area contributed by atoms with E-state index in [1.165, 1.54) is 29.4 Å². The summed E-state index contributed by atoms with van der Waals surface area (Å²) in [6.07, 6.45) is 0.0423. The number of ether oxygens (including phenoxy) is 2. The van der Waals surface area contributed by atoms with Gasteiger partial charge in [0.1, 0.15) is 12.3 Å². The van der Waals surface area contributed by atoms with Gasteiger partial charge in [-0.15, -0.1) is 10.2 Å². The van der Waals surface area contributed by atoms with Crippen LogP contribution in [0.4, 0.5) is 4.79 Å². The second-order valence-electron chi connectivity index (χ2n) is 6.77. The molecule has 6 heteroatoms. The lowest BCUT2D eigenvalue weighted by molar-refractivity contribution is 0.143. The van der Waals surface area contributed by atoms with E-state index in [0.717, 1.165) is 0 Å². The molecule has 0 fully saturated rings. The van der Waals surface area contributed by atoms with E-state index >= 15 is 0 Å². The van der Waals surface area contributed by atoms with Crippen molar-refractivity contribution in [2.75, 3.05) is 20.3 Å². The Morgan fingerprint density at radius 3 is 2.33 bits per heavy atom. The monoisotopic (exact) mass is 399 g/mol. The first-order valence-electron chi connectivity index (χ1n) is 9.71. The Morgan fingerprint density at radius 1 is 1.00 bits per heavy atom. The van der Waals surface area contributed by atoms with Gasteiger partial charge in [0, 0.05) is 24.9 Å². The predicted octanol–water partition coefficient (Wildman–Crippen LogP) is 3.77. The van der Waals surface area contributed by atoms with Crippen molar-refractivity contribution in [3.63, 3.8) is 0 Å². The molecule has 30 heavy (non-hydrogen) atoms. The fourth-order valence-electron chi connectivity index (χ4n) is 3.53. The predicted molar refractivity (Wildman–Crippen MR) is 113 cm³/mol. The number of carbonyl (C=O) groups is 1. The number of nitrogens with one attached hydrogen (secondary N) is 1. The summed E-state index contributed by atoms with van der Waals surface area (Å²) in [4.78, 5) is 12.1. The van der Waals surface area contributed by atoms with Crippen LogP contribution in [0.1, 0.15) is 29.2 Å². The third-order valence-electron chi connectivity index (χ3n) is 4.93. The second kappa shape index (κ2) is 9.10. The zero-order valence-electron chi connectivity index (χ0n) is 16.6. The Hall–Kier alpha value is -3.85. The number of alkyl carbamates (subject to hydrolysis) is 1. The number of amides is 1. The molecular weight excluding hydrogens is 378 g/mol. The number of hydrogen-bond acceptors (Lipinski definition) is 5. The molecule has 150 valence electrons. The SMILES string of the molecule is COc1ccc(C#CCCNC(=O)OCC2c3ccccc3-c3ccccc32)nn1. The summed E-state index contributed by atoms with van der Waals surface area (Å²) in [6.45, 7) is 0.695. The van der Waals surface area contributed by atoms with Gasteiger partial charge in [0.25, 0.3) is 0 Å². The second-order valence-corrected chi connectivity index (χ2v) is 6.77. The molecule has 0 aliphatic heterocycles. The van der Waals surface area contributed by atoms with E-state index < -0.39 is 6.09 Å². The van der Waals surface area contributed by atoms with Crippen LogP contribution in [-0.4, -0.2) is 36.6 Å². The zero-order valence-corrected chi connectivity index (χ0v) is 16.6. The van der Waals surface area contributed by atoms with Crippen LogP contribution in [0.3, 0.4) is 0 Å². The van der Waals surface area contributed by atoms with Crippen molar-refractivity contribution < 1.29 is 14.3 Å². The molecule has 0 saturated carbocycles. The molecule has 0 atom stereocenters. The van der Waals surface area contributed by atoms with Gasteiger partial charge in [-0.1, -0.05) is 54.5 Å². The maximum atomic E-state index is 12.1. The van der Waals surface area contributed by atoms with E-state index in [4.69, 9.17) is 9.47 Å². The van der Waals surface area contributed by atoms with Crippen LogP contribution in [0.15, 0.2) is 60.7 Å². The Balaban J connectivity index is 1.27. The Bertz CT molecular complexity index is 1050. The highest BCUT2D eigenvalue weighted by molar-refractivity contribution is 5.79. The number of methoxy groups -OCH3 is 1. The minimum absolute atomic E-state index is 0.0524. The largest absolute Gasteiger partial charge is 0.480 e. The summed E-state index contributed by atoms with van der Waals surface area (Å²) in [5.74, 6) is 6.35. The van der Waals surface area contributed by atoms with Gasteiger partial charge in [0.05, 0.1) is 7.11 Å². The Kier molecular flexibility index (Phi) is 5.90. The minimum atomic E-state index is -0.442. The van der Waals surface area contributed by atoms with Crippen molar-refractivity contribution in [3.8, 4) is 28.8 Å². The third kappa shape index (κ3) is 4.26. The van der Waals surface area contributed by atoms with E-state index in [1.807, 2.05) is 24.3 Å². The molecule has 0 bridgehead atoms. The van der Waals surface area contributed by atoms with Gasteiger partial charge in [0.2, 0.25) is 5.88 Å². The molecule has 2 aromatic carbocycles. The fraction of sp³-hybridized carbons (Fsp3) is 0.208. The van der Waals surface area contributed by atoms with Gasteiger partial charge in [-0.05, 0) is 34.2 Å². The first kappa shape index (κ1) is 19.5. The van der Waals surface area contributed by atoms with Crippen molar-refractivity contribution in [3.05, 3.63) is 77.5 Å². The van der Waals surface area contributed by atoms with Gasteiger partial charge in [-0.2, -0.15) is 0 Å². The van der Waals surface area contributed by atoms with Crippen molar-refractivity contribution >= 4 is 6.09 Å². The van der Waals surface area contributed by atoms with Crippen molar-refractivity contribution in [1.82, 2.24) is 15.5 Å². The molecule has 1 N–H and O–H groups in total. The minimum Gasteiger partial charge on any atom is -0.480 e. The van der Waals surface area contributed by atoms with Crippen LogP contribution in [0.2, 0.25) is 0 Å². The van der Waals surface area contributed by atoms with Crippen LogP contribution in [-0.2, 0) is 4.74 Å². The number of fused-ring (bicyclic) bond motifs is 3. The van der Waals surface area contributed by atoms with E-state index in [2.05, 4.69) is 51.6 Å². The zero-order chi connectivity index (χ0) is 20.8. The lowest BCUT2D eigenvalue weighted by Gasteiger charge is -2.14. The van der Waals surface area contributed by atoms with Gasteiger partial charge in [0.15, 0.2) is 0 Å². The van der Waals surface area contributed by atoms with Crippen molar-refractivity contribution in [2.45, 2.75) is 12.3 Å².